The number of ether oxygens (including phenoxy) is 2. The van der Waals surface area contributed by atoms with Gasteiger partial charge in [-0.25, -0.2) is 4.79 Å². The van der Waals surface area contributed by atoms with Crippen LogP contribution >= 0.6 is 23.2 Å². The van der Waals surface area contributed by atoms with Crippen LogP contribution in [0.4, 0.5) is 5.69 Å². The second-order valence-electron chi connectivity index (χ2n) is 6.22. The van der Waals surface area contributed by atoms with Gasteiger partial charge in [0.2, 0.25) is 0 Å². The molecule has 2 N–H and O–H groups in total. The van der Waals surface area contributed by atoms with Gasteiger partial charge in [0.1, 0.15) is 5.75 Å². The smallest absolute Gasteiger partial charge is 0.337 e. The predicted molar refractivity (Wildman–Crippen MR) is 115 cm³/mol. The van der Waals surface area contributed by atoms with E-state index in [1.165, 1.54) is 12.1 Å². The minimum atomic E-state index is -1.14. The molecule has 0 spiro atoms. The van der Waals surface area contributed by atoms with E-state index in [-0.39, 0.29) is 11.3 Å². The SMILES string of the molecule is CC(Oc1ccccc1Oc1ccc(Cl)cc1Cl)C(=O)Nc1ccccc1C(=O)O. The number of nitrogens with one attached hydrogen (secondary N) is 1. The highest BCUT2D eigenvalue weighted by Gasteiger charge is 2.20. The van der Waals surface area contributed by atoms with Crippen LogP contribution < -0.4 is 14.8 Å². The molecule has 8 heteroatoms. The lowest BCUT2D eigenvalue weighted by Crippen LogP contribution is -2.30. The Morgan fingerprint density at radius 2 is 1.60 bits per heavy atom. The molecule has 0 aromatic heterocycles. The Bertz CT molecular complexity index is 1090. The zero-order chi connectivity index (χ0) is 21.7. The Morgan fingerprint density at radius 3 is 2.30 bits per heavy atom. The second kappa shape index (κ2) is 9.52. The van der Waals surface area contributed by atoms with E-state index in [9.17, 15) is 14.7 Å². The third-order valence-corrected chi connectivity index (χ3v) is 4.58. The predicted octanol–water partition coefficient (Wildman–Crippen LogP) is 5.89. The molecule has 1 atom stereocenters. The number of carboxylic acids is 1. The molecule has 3 rings (SSSR count). The monoisotopic (exact) mass is 445 g/mol. The lowest BCUT2D eigenvalue weighted by Gasteiger charge is -2.18. The summed E-state index contributed by atoms with van der Waals surface area (Å²) in [6.07, 6.45) is -0.933. The van der Waals surface area contributed by atoms with E-state index in [1.807, 2.05) is 0 Å². The van der Waals surface area contributed by atoms with Crippen LogP contribution in [0, 0.1) is 0 Å². The van der Waals surface area contributed by atoms with Gasteiger partial charge < -0.3 is 19.9 Å². The van der Waals surface area contributed by atoms with E-state index in [0.717, 1.165) is 0 Å². The van der Waals surface area contributed by atoms with Crippen molar-refractivity contribution < 1.29 is 24.2 Å². The first-order valence-electron chi connectivity index (χ1n) is 8.87. The maximum absolute atomic E-state index is 12.5. The Balaban J connectivity index is 1.75. The third-order valence-electron chi connectivity index (χ3n) is 4.05. The fourth-order valence-corrected chi connectivity index (χ4v) is 3.01. The first-order valence-corrected chi connectivity index (χ1v) is 9.62. The highest BCUT2D eigenvalue weighted by molar-refractivity contribution is 6.35. The van der Waals surface area contributed by atoms with Gasteiger partial charge in [-0.15, -0.1) is 0 Å². The van der Waals surface area contributed by atoms with Crippen LogP contribution in [0.15, 0.2) is 66.7 Å². The standard InChI is InChI=1S/C22H17Cl2NO5/c1-13(21(26)25-17-7-3-2-6-15(17)22(27)28)29-19-8-4-5-9-20(19)30-18-11-10-14(23)12-16(18)24/h2-13H,1H3,(H,25,26)(H,27,28). The third kappa shape index (κ3) is 5.23. The molecule has 0 saturated carbocycles. The highest BCUT2D eigenvalue weighted by Crippen LogP contribution is 2.36. The Morgan fingerprint density at radius 1 is 0.933 bits per heavy atom. The average molecular weight is 446 g/mol. The molecule has 0 aliphatic rings. The van der Waals surface area contributed by atoms with Gasteiger partial charge in [-0.05, 0) is 49.4 Å². The molecular formula is C22H17Cl2NO5. The number of halogens is 2. The molecule has 30 heavy (non-hydrogen) atoms. The quantitative estimate of drug-likeness (QED) is 0.473. The molecule has 6 nitrogen and oxygen atoms in total. The highest BCUT2D eigenvalue weighted by atomic mass is 35.5. The van der Waals surface area contributed by atoms with Gasteiger partial charge >= 0.3 is 5.97 Å². The van der Waals surface area contributed by atoms with Crippen molar-refractivity contribution in [3.8, 4) is 17.2 Å². The fourth-order valence-electron chi connectivity index (χ4n) is 2.57. The van der Waals surface area contributed by atoms with E-state index >= 15 is 0 Å². The van der Waals surface area contributed by atoms with E-state index in [2.05, 4.69) is 5.32 Å². The van der Waals surface area contributed by atoms with E-state index in [4.69, 9.17) is 32.7 Å². The van der Waals surface area contributed by atoms with E-state index in [0.29, 0.717) is 27.3 Å². The van der Waals surface area contributed by atoms with Crippen LogP contribution in [0.1, 0.15) is 17.3 Å². The summed E-state index contributed by atoms with van der Waals surface area (Å²) in [4.78, 5) is 23.9. The van der Waals surface area contributed by atoms with Gasteiger partial charge in [-0.2, -0.15) is 0 Å². The summed E-state index contributed by atoms with van der Waals surface area (Å²) in [5, 5.41) is 12.6. The molecular weight excluding hydrogens is 429 g/mol. The summed E-state index contributed by atoms with van der Waals surface area (Å²) in [6.45, 7) is 1.55. The number of carbonyl (C=O) groups is 2. The topological polar surface area (TPSA) is 84.9 Å². The van der Waals surface area contributed by atoms with Gasteiger partial charge in [0, 0.05) is 5.02 Å². The zero-order valence-corrected chi connectivity index (χ0v) is 17.3. The zero-order valence-electron chi connectivity index (χ0n) is 15.8. The maximum atomic E-state index is 12.5. The molecule has 0 heterocycles. The summed E-state index contributed by atoms with van der Waals surface area (Å²) in [5.74, 6) is -0.601. The Labute approximate surface area is 183 Å². The van der Waals surface area contributed by atoms with Crippen LogP contribution in [0.5, 0.6) is 17.2 Å². The van der Waals surface area contributed by atoms with Gasteiger partial charge in [-0.1, -0.05) is 47.5 Å². The number of hydrogen-bond donors (Lipinski definition) is 2. The van der Waals surface area contributed by atoms with Crippen LogP contribution in [-0.4, -0.2) is 23.1 Å². The number of benzene rings is 3. The molecule has 0 saturated heterocycles. The van der Waals surface area contributed by atoms with Crippen LogP contribution in [0.25, 0.3) is 0 Å². The Kier molecular flexibility index (Phi) is 6.82. The number of rotatable bonds is 7. The Hall–Kier alpha value is -3.22. The van der Waals surface area contributed by atoms with Crippen molar-refractivity contribution >= 4 is 40.8 Å². The molecule has 0 radical (unpaired) electrons. The number of aromatic carboxylic acids is 1. The van der Waals surface area contributed by atoms with E-state index in [1.54, 1.807) is 61.5 Å². The number of anilines is 1. The molecule has 1 unspecified atom stereocenters. The number of para-hydroxylation sites is 3. The van der Waals surface area contributed by atoms with Crippen molar-refractivity contribution in [1.29, 1.82) is 0 Å². The summed E-state index contributed by atoms with van der Waals surface area (Å²) < 4.78 is 11.6. The molecule has 3 aromatic rings. The average Bonchev–Trinajstić information content (AvgIpc) is 2.71. The van der Waals surface area contributed by atoms with Gasteiger partial charge in [0.25, 0.3) is 5.91 Å². The number of hydrogen-bond acceptors (Lipinski definition) is 4. The van der Waals surface area contributed by atoms with Crippen molar-refractivity contribution in [3.05, 3.63) is 82.3 Å². The number of carboxylic acid groups (broad SMARTS) is 1. The van der Waals surface area contributed by atoms with Crippen LogP contribution in [-0.2, 0) is 4.79 Å². The van der Waals surface area contributed by atoms with Gasteiger partial charge in [0.15, 0.2) is 17.6 Å². The molecule has 1 amide bonds. The molecule has 154 valence electrons. The minimum absolute atomic E-state index is 0.0147. The van der Waals surface area contributed by atoms with Crippen molar-refractivity contribution in [2.45, 2.75) is 13.0 Å². The van der Waals surface area contributed by atoms with Gasteiger partial charge in [0.05, 0.1) is 16.3 Å². The normalized spacial score (nSPS) is 11.4. The molecule has 0 fully saturated rings. The summed E-state index contributed by atoms with van der Waals surface area (Å²) in [6, 6.07) is 17.7. The summed E-state index contributed by atoms with van der Waals surface area (Å²) >= 11 is 12.1. The molecule has 3 aromatic carbocycles. The van der Waals surface area contributed by atoms with Crippen molar-refractivity contribution in [2.24, 2.45) is 0 Å². The molecule has 0 aliphatic heterocycles. The summed E-state index contributed by atoms with van der Waals surface area (Å²) in [5.41, 5.74) is 0.169. The number of carbonyl (C=O) groups excluding carboxylic acids is 1. The number of amides is 1. The largest absolute Gasteiger partial charge is 0.478 e. The molecule has 0 aliphatic carbocycles. The first kappa shape index (κ1) is 21.5. The summed E-state index contributed by atoms with van der Waals surface area (Å²) in [7, 11) is 0. The second-order valence-corrected chi connectivity index (χ2v) is 7.07. The lowest BCUT2D eigenvalue weighted by atomic mass is 10.1. The van der Waals surface area contributed by atoms with Crippen molar-refractivity contribution in [1.82, 2.24) is 0 Å². The lowest BCUT2D eigenvalue weighted by molar-refractivity contribution is -0.122. The van der Waals surface area contributed by atoms with Crippen molar-refractivity contribution in [2.75, 3.05) is 5.32 Å². The van der Waals surface area contributed by atoms with Crippen LogP contribution in [0.2, 0.25) is 10.0 Å². The molecule has 0 bridgehead atoms. The van der Waals surface area contributed by atoms with Crippen LogP contribution in [0.3, 0.4) is 0 Å². The fraction of sp³-hybridized carbons (Fsp3) is 0.0909. The minimum Gasteiger partial charge on any atom is -0.478 e. The van der Waals surface area contributed by atoms with Gasteiger partial charge in [-0.3, -0.25) is 4.79 Å². The maximum Gasteiger partial charge on any atom is 0.337 e. The first-order chi connectivity index (χ1) is 14.3. The van der Waals surface area contributed by atoms with E-state index < -0.39 is 18.0 Å². The van der Waals surface area contributed by atoms with Crippen molar-refractivity contribution in [3.63, 3.8) is 0 Å².